The molecule has 1 saturated heterocycles. The van der Waals surface area contributed by atoms with Crippen molar-refractivity contribution in [3.8, 4) is 0 Å². The number of benzene rings is 1. The Bertz CT molecular complexity index is 433. The van der Waals surface area contributed by atoms with E-state index in [1.807, 2.05) is 17.8 Å². The molecule has 1 fully saturated rings. The highest BCUT2D eigenvalue weighted by atomic mass is 35.5. The summed E-state index contributed by atoms with van der Waals surface area (Å²) in [5.41, 5.74) is 6.67. The predicted octanol–water partition coefficient (Wildman–Crippen LogP) is 2.42. The molecular weight excluding hydrogens is 268 g/mol. The van der Waals surface area contributed by atoms with Crippen LogP contribution in [0.2, 0.25) is 5.02 Å². The highest BCUT2D eigenvalue weighted by Crippen LogP contribution is 2.20. The first-order valence-corrected chi connectivity index (χ1v) is 7.59. The van der Waals surface area contributed by atoms with Gasteiger partial charge in [-0.25, -0.2) is 0 Å². The quantitative estimate of drug-likeness (QED) is 0.893. The molecule has 5 heteroatoms. The highest BCUT2D eigenvalue weighted by Gasteiger charge is 2.13. The van der Waals surface area contributed by atoms with E-state index in [0.29, 0.717) is 16.6 Å². The Hall–Kier alpha value is -0.710. The van der Waals surface area contributed by atoms with Crippen molar-refractivity contribution in [3.05, 3.63) is 34.3 Å². The van der Waals surface area contributed by atoms with Crippen LogP contribution in [0.1, 0.15) is 28.8 Å². The number of carbonyl (C=O) groups excluding carboxylic acids is 1. The minimum atomic E-state index is -0.444. The van der Waals surface area contributed by atoms with E-state index in [9.17, 15) is 4.79 Å². The number of hydrogen-bond donors (Lipinski definition) is 2. The Morgan fingerprint density at radius 2 is 2.39 bits per heavy atom. The van der Waals surface area contributed by atoms with Gasteiger partial charge >= 0.3 is 0 Å². The SMILES string of the molecule is NC(=O)c1ccc(CNC2CCCSC2)c(Cl)c1. The number of carbonyl (C=O) groups is 1. The number of thioether (sulfide) groups is 1. The van der Waals surface area contributed by atoms with Crippen molar-refractivity contribution in [3.63, 3.8) is 0 Å². The third kappa shape index (κ3) is 3.64. The van der Waals surface area contributed by atoms with Gasteiger partial charge in [-0.3, -0.25) is 4.79 Å². The Balaban J connectivity index is 1.94. The molecule has 2 rings (SSSR count). The molecule has 0 spiro atoms. The number of hydrogen-bond acceptors (Lipinski definition) is 3. The van der Waals surface area contributed by atoms with E-state index >= 15 is 0 Å². The van der Waals surface area contributed by atoms with Crippen LogP contribution in [0.15, 0.2) is 18.2 Å². The second-order valence-corrected chi connectivity index (χ2v) is 6.02. The van der Waals surface area contributed by atoms with Crippen LogP contribution in [-0.2, 0) is 6.54 Å². The minimum absolute atomic E-state index is 0.444. The molecule has 1 atom stereocenters. The van der Waals surface area contributed by atoms with Gasteiger partial charge in [-0.15, -0.1) is 0 Å². The summed E-state index contributed by atoms with van der Waals surface area (Å²) in [5.74, 6) is 1.99. The second kappa shape index (κ2) is 6.45. The Morgan fingerprint density at radius 3 is 3.00 bits per heavy atom. The van der Waals surface area contributed by atoms with E-state index < -0.39 is 5.91 Å². The summed E-state index contributed by atoms with van der Waals surface area (Å²) in [7, 11) is 0. The molecule has 3 N–H and O–H groups in total. The molecule has 1 aromatic rings. The molecule has 98 valence electrons. The van der Waals surface area contributed by atoms with Crippen molar-refractivity contribution in [2.45, 2.75) is 25.4 Å². The normalized spacial score (nSPS) is 19.7. The summed E-state index contributed by atoms with van der Waals surface area (Å²) in [6, 6.07) is 5.79. The number of primary amides is 1. The molecule has 0 saturated carbocycles. The van der Waals surface area contributed by atoms with E-state index in [-0.39, 0.29) is 0 Å². The monoisotopic (exact) mass is 284 g/mol. The van der Waals surface area contributed by atoms with Crippen molar-refractivity contribution < 1.29 is 4.79 Å². The van der Waals surface area contributed by atoms with Crippen LogP contribution < -0.4 is 11.1 Å². The molecular formula is C13H17ClN2OS. The molecule has 1 aliphatic rings. The Morgan fingerprint density at radius 1 is 1.56 bits per heavy atom. The largest absolute Gasteiger partial charge is 0.366 e. The van der Waals surface area contributed by atoms with Gasteiger partial charge in [0.25, 0.3) is 0 Å². The van der Waals surface area contributed by atoms with Gasteiger partial charge < -0.3 is 11.1 Å². The zero-order valence-electron chi connectivity index (χ0n) is 10.1. The Kier molecular flexibility index (Phi) is 4.92. The van der Waals surface area contributed by atoms with Gasteiger partial charge in [-0.05, 0) is 36.3 Å². The van der Waals surface area contributed by atoms with Gasteiger partial charge in [0.1, 0.15) is 0 Å². The predicted molar refractivity (Wildman–Crippen MR) is 77.2 cm³/mol. The Labute approximate surface area is 116 Å². The summed E-state index contributed by atoms with van der Waals surface area (Å²) in [4.78, 5) is 11.0. The average molecular weight is 285 g/mol. The lowest BCUT2D eigenvalue weighted by atomic mass is 10.1. The first-order chi connectivity index (χ1) is 8.66. The highest BCUT2D eigenvalue weighted by molar-refractivity contribution is 7.99. The van der Waals surface area contributed by atoms with Crippen LogP contribution >= 0.6 is 23.4 Å². The van der Waals surface area contributed by atoms with Crippen molar-refractivity contribution in [2.75, 3.05) is 11.5 Å². The average Bonchev–Trinajstić information content (AvgIpc) is 2.38. The van der Waals surface area contributed by atoms with Crippen molar-refractivity contribution >= 4 is 29.3 Å². The van der Waals surface area contributed by atoms with Gasteiger partial charge in [-0.2, -0.15) is 11.8 Å². The van der Waals surface area contributed by atoms with E-state index in [1.165, 1.54) is 18.6 Å². The lowest BCUT2D eigenvalue weighted by Crippen LogP contribution is -2.33. The molecule has 0 bridgehead atoms. The maximum Gasteiger partial charge on any atom is 0.248 e. The zero-order chi connectivity index (χ0) is 13.0. The van der Waals surface area contributed by atoms with E-state index in [4.69, 9.17) is 17.3 Å². The number of halogens is 1. The topological polar surface area (TPSA) is 55.1 Å². The summed E-state index contributed by atoms with van der Waals surface area (Å²) in [6.45, 7) is 0.739. The maximum absolute atomic E-state index is 11.0. The number of nitrogens with two attached hydrogens (primary N) is 1. The van der Waals surface area contributed by atoms with E-state index in [1.54, 1.807) is 12.1 Å². The van der Waals surface area contributed by atoms with Crippen molar-refractivity contribution in [2.24, 2.45) is 5.73 Å². The molecule has 0 aliphatic carbocycles. The molecule has 1 aliphatic heterocycles. The van der Waals surface area contributed by atoms with Crippen LogP contribution in [0.3, 0.4) is 0 Å². The van der Waals surface area contributed by atoms with Gasteiger partial charge in [0.2, 0.25) is 5.91 Å². The molecule has 3 nitrogen and oxygen atoms in total. The summed E-state index contributed by atoms with van der Waals surface area (Å²) in [6.07, 6.45) is 2.50. The fraction of sp³-hybridized carbons (Fsp3) is 0.462. The van der Waals surface area contributed by atoms with Crippen LogP contribution in [0.25, 0.3) is 0 Å². The molecule has 1 unspecified atom stereocenters. The summed E-state index contributed by atoms with van der Waals surface area (Å²) in [5, 5.41) is 4.11. The number of rotatable bonds is 4. The first-order valence-electron chi connectivity index (χ1n) is 6.06. The number of nitrogens with one attached hydrogen (secondary N) is 1. The minimum Gasteiger partial charge on any atom is -0.366 e. The third-order valence-electron chi connectivity index (χ3n) is 3.08. The van der Waals surface area contributed by atoms with Crippen LogP contribution in [0, 0.1) is 0 Å². The van der Waals surface area contributed by atoms with Crippen LogP contribution in [-0.4, -0.2) is 23.5 Å². The smallest absolute Gasteiger partial charge is 0.248 e. The van der Waals surface area contributed by atoms with Crippen molar-refractivity contribution in [1.82, 2.24) is 5.32 Å². The summed E-state index contributed by atoms with van der Waals surface area (Å²) >= 11 is 8.13. The van der Waals surface area contributed by atoms with Crippen LogP contribution in [0.5, 0.6) is 0 Å². The number of amides is 1. The maximum atomic E-state index is 11.0. The summed E-state index contributed by atoms with van der Waals surface area (Å²) < 4.78 is 0. The van der Waals surface area contributed by atoms with Gasteiger partial charge in [0.05, 0.1) is 0 Å². The molecule has 0 aromatic heterocycles. The third-order valence-corrected chi connectivity index (χ3v) is 4.65. The van der Waals surface area contributed by atoms with Crippen molar-refractivity contribution in [1.29, 1.82) is 0 Å². The lowest BCUT2D eigenvalue weighted by molar-refractivity contribution is 0.100. The fourth-order valence-corrected chi connectivity index (χ4v) is 3.35. The van der Waals surface area contributed by atoms with Gasteiger partial charge in [0, 0.05) is 28.9 Å². The van der Waals surface area contributed by atoms with Gasteiger partial charge in [0.15, 0.2) is 0 Å². The molecule has 1 amide bonds. The zero-order valence-corrected chi connectivity index (χ0v) is 11.7. The van der Waals surface area contributed by atoms with E-state index in [2.05, 4.69) is 5.32 Å². The second-order valence-electron chi connectivity index (χ2n) is 4.47. The fourth-order valence-electron chi connectivity index (χ4n) is 2.00. The molecule has 0 radical (unpaired) electrons. The molecule has 1 aromatic carbocycles. The lowest BCUT2D eigenvalue weighted by Gasteiger charge is -2.22. The van der Waals surface area contributed by atoms with Crippen LogP contribution in [0.4, 0.5) is 0 Å². The molecule has 18 heavy (non-hydrogen) atoms. The molecule has 1 heterocycles. The first kappa shape index (κ1) is 13.7. The van der Waals surface area contributed by atoms with E-state index in [0.717, 1.165) is 17.9 Å². The van der Waals surface area contributed by atoms with Gasteiger partial charge in [-0.1, -0.05) is 17.7 Å². The standard InChI is InChI=1S/C13H17ClN2OS/c14-12-6-9(13(15)17)3-4-10(12)7-16-11-2-1-5-18-8-11/h3-4,6,11,16H,1-2,5,7-8H2,(H2,15,17).